The second kappa shape index (κ2) is 14.6. The molecule has 62 heavy (non-hydrogen) atoms. The molecule has 0 bridgehead atoms. The third-order valence-electron chi connectivity index (χ3n) is 12.7. The minimum Gasteiger partial charge on any atom is -0.421 e. The summed E-state index contributed by atoms with van der Waals surface area (Å²) in [4.78, 5) is 15.6. The summed E-state index contributed by atoms with van der Waals surface area (Å²) < 4.78 is 14.2. The SMILES string of the molecule is O=C(OC(c1c2ccccc2cc2ccccc12)c1c2ccccc2cc2ccccc12)OC(c1c2ccccc2cc2ccccc12)c1c2ccccc2cc2ccccc12. The van der Waals surface area contributed by atoms with E-state index in [1.54, 1.807) is 0 Å². The zero-order chi connectivity index (χ0) is 41.1. The summed E-state index contributed by atoms with van der Waals surface area (Å²) in [5.74, 6) is 0. The van der Waals surface area contributed by atoms with Gasteiger partial charge in [-0.15, -0.1) is 0 Å². The minimum atomic E-state index is -0.858. The molecule has 0 heterocycles. The molecule has 0 fully saturated rings. The molecule has 0 aliphatic rings. The van der Waals surface area contributed by atoms with E-state index in [4.69, 9.17) is 9.47 Å². The molecule has 12 aromatic carbocycles. The van der Waals surface area contributed by atoms with E-state index >= 15 is 4.79 Å². The van der Waals surface area contributed by atoms with Gasteiger partial charge in [-0.3, -0.25) is 0 Å². The van der Waals surface area contributed by atoms with Gasteiger partial charge in [0.25, 0.3) is 0 Å². The molecule has 0 radical (unpaired) electrons. The van der Waals surface area contributed by atoms with E-state index in [1.807, 2.05) is 0 Å². The van der Waals surface area contributed by atoms with Crippen molar-refractivity contribution in [3.05, 3.63) is 241 Å². The van der Waals surface area contributed by atoms with E-state index in [1.165, 1.54) is 0 Å². The fourth-order valence-electron chi connectivity index (χ4n) is 10.1. The summed E-state index contributed by atoms with van der Waals surface area (Å²) in [7, 11) is 0. The predicted molar refractivity (Wildman–Crippen MR) is 257 cm³/mol. The molecule has 3 heteroatoms. The molecule has 0 saturated heterocycles. The van der Waals surface area contributed by atoms with Crippen LogP contribution in [0, 0.1) is 0 Å². The lowest BCUT2D eigenvalue weighted by Crippen LogP contribution is -2.19. The van der Waals surface area contributed by atoms with Crippen LogP contribution in [0.25, 0.3) is 86.2 Å². The Kier molecular flexibility index (Phi) is 8.46. The summed E-state index contributed by atoms with van der Waals surface area (Å²) in [6.07, 6.45) is -2.48. The van der Waals surface area contributed by atoms with Gasteiger partial charge in [0, 0.05) is 22.3 Å². The summed E-state index contributed by atoms with van der Waals surface area (Å²) in [6.45, 7) is 0. The number of carbonyl (C=O) groups excluding carboxylic acids is 1. The summed E-state index contributed by atoms with van der Waals surface area (Å²) >= 11 is 0. The molecule has 3 nitrogen and oxygen atoms in total. The minimum absolute atomic E-state index is 0.761. The monoisotopic (exact) mass is 794 g/mol. The zero-order valence-corrected chi connectivity index (χ0v) is 33.7. The van der Waals surface area contributed by atoms with E-state index in [0.717, 1.165) is 108 Å². The number of ether oxygens (including phenoxy) is 2. The van der Waals surface area contributed by atoms with Crippen LogP contribution in [-0.4, -0.2) is 6.16 Å². The maximum Gasteiger partial charge on any atom is 0.510 e. The lowest BCUT2D eigenvalue weighted by atomic mass is 9.86. The van der Waals surface area contributed by atoms with Gasteiger partial charge in [0.05, 0.1) is 0 Å². The molecule has 0 aromatic heterocycles. The van der Waals surface area contributed by atoms with Gasteiger partial charge in [-0.05, 0) is 110 Å². The van der Waals surface area contributed by atoms with Gasteiger partial charge in [-0.25, -0.2) is 4.79 Å². The lowest BCUT2D eigenvalue weighted by Gasteiger charge is -2.28. The van der Waals surface area contributed by atoms with Crippen molar-refractivity contribution in [3.8, 4) is 0 Å². The number of rotatable bonds is 6. The molecule has 0 aliphatic heterocycles. The molecule has 0 atom stereocenters. The molecule has 12 aromatic rings. The maximum absolute atomic E-state index is 15.6. The second-order valence-electron chi connectivity index (χ2n) is 16.2. The summed E-state index contributed by atoms with van der Waals surface area (Å²) in [5.41, 5.74) is 3.67. The first-order valence-corrected chi connectivity index (χ1v) is 21.2. The Bertz CT molecular complexity index is 3050. The molecule has 0 aliphatic carbocycles. The maximum atomic E-state index is 15.6. The Morgan fingerprint density at radius 1 is 0.258 bits per heavy atom. The molecular weight excluding hydrogens is 757 g/mol. The standard InChI is InChI=1S/C59H38O3/c60-59(61-57(53-45-25-9-1-17-37(45)33-38-18-2-10-26-46(38)53)54-47-27-11-3-19-39(47)34-40-20-4-12-28-48(40)54)62-58(55-49-29-13-5-21-41(49)35-42-22-6-14-30-50(42)55)56-51-31-15-7-23-43(51)36-44-24-8-16-32-52(44)56/h1-36,57-58H. The Morgan fingerprint density at radius 3 is 0.597 bits per heavy atom. The number of hydrogen-bond acceptors (Lipinski definition) is 3. The van der Waals surface area contributed by atoms with Crippen molar-refractivity contribution in [2.24, 2.45) is 0 Å². The first-order chi connectivity index (χ1) is 30.7. The predicted octanol–water partition coefficient (Wildman–Crippen LogP) is 15.9. The molecule has 12 rings (SSSR count). The third-order valence-corrected chi connectivity index (χ3v) is 12.7. The first-order valence-electron chi connectivity index (χ1n) is 21.2. The number of benzene rings is 12. The highest BCUT2D eigenvalue weighted by molar-refractivity contribution is 6.09. The van der Waals surface area contributed by atoms with Crippen LogP contribution in [0.3, 0.4) is 0 Å². The highest BCUT2D eigenvalue weighted by atomic mass is 16.7. The number of hydrogen-bond donors (Lipinski definition) is 0. The van der Waals surface area contributed by atoms with Gasteiger partial charge in [0.2, 0.25) is 0 Å². The largest absolute Gasteiger partial charge is 0.510 e. The average Bonchev–Trinajstić information content (AvgIpc) is 3.32. The van der Waals surface area contributed by atoms with E-state index < -0.39 is 18.4 Å². The van der Waals surface area contributed by atoms with Crippen LogP contribution in [0.4, 0.5) is 4.79 Å². The second-order valence-corrected chi connectivity index (χ2v) is 16.2. The Hall–Kier alpha value is -8.01. The van der Waals surface area contributed by atoms with Gasteiger partial charge in [-0.2, -0.15) is 0 Å². The summed E-state index contributed by atoms with van der Waals surface area (Å²) in [6, 6.07) is 76.0. The van der Waals surface area contributed by atoms with Crippen molar-refractivity contribution >= 4 is 92.3 Å². The van der Waals surface area contributed by atoms with Gasteiger partial charge in [0.1, 0.15) is 0 Å². The zero-order valence-electron chi connectivity index (χ0n) is 33.7. The average molecular weight is 795 g/mol. The highest BCUT2D eigenvalue weighted by Gasteiger charge is 2.33. The van der Waals surface area contributed by atoms with Crippen LogP contribution in [0.1, 0.15) is 34.5 Å². The molecule has 292 valence electrons. The van der Waals surface area contributed by atoms with Crippen molar-refractivity contribution in [3.63, 3.8) is 0 Å². The highest BCUT2D eigenvalue weighted by Crippen LogP contribution is 2.46. The number of fused-ring (bicyclic) bond motifs is 8. The van der Waals surface area contributed by atoms with E-state index in [0.29, 0.717) is 0 Å². The van der Waals surface area contributed by atoms with Crippen LogP contribution >= 0.6 is 0 Å². The van der Waals surface area contributed by atoms with Crippen molar-refractivity contribution in [2.75, 3.05) is 0 Å². The molecule has 0 amide bonds. The van der Waals surface area contributed by atoms with Gasteiger partial charge >= 0.3 is 6.16 Å². The molecule has 0 N–H and O–H groups in total. The molecule has 0 saturated carbocycles. The van der Waals surface area contributed by atoms with E-state index in [-0.39, 0.29) is 0 Å². The van der Waals surface area contributed by atoms with Crippen molar-refractivity contribution in [1.29, 1.82) is 0 Å². The Morgan fingerprint density at radius 2 is 0.419 bits per heavy atom. The van der Waals surface area contributed by atoms with Crippen LogP contribution in [0.2, 0.25) is 0 Å². The van der Waals surface area contributed by atoms with Crippen LogP contribution in [0.15, 0.2) is 218 Å². The summed E-state index contributed by atoms with van der Waals surface area (Å²) in [5, 5.41) is 16.6. The lowest BCUT2D eigenvalue weighted by molar-refractivity contribution is 0.0192. The van der Waals surface area contributed by atoms with Crippen molar-refractivity contribution in [2.45, 2.75) is 12.2 Å². The normalized spacial score (nSPS) is 11.9. The smallest absolute Gasteiger partial charge is 0.421 e. The molecule has 0 unspecified atom stereocenters. The fourth-order valence-corrected chi connectivity index (χ4v) is 10.1. The van der Waals surface area contributed by atoms with Crippen LogP contribution < -0.4 is 0 Å². The first kappa shape index (κ1) is 35.9. The van der Waals surface area contributed by atoms with E-state index in [2.05, 4.69) is 218 Å². The van der Waals surface area contributed by atoms with Crippen molar-refractivity contribution in [1.82, 2.24) is 0 Å². The van der Waals surface area contributed by atoms with Gasteiger partial charge < -0.3 is 9.47 Å². The molecule has 0 spiro atoms. The van der Waals surface area contributed by atoms with Gasteiger partial charge in [-0.1, -0.05) is 194 Å². The number of carbonyl (C=O) groups is 1. The van der Waals surface area contributed by atoms with Crippen LogP contribution in [0.5, 0.6) is 0 Å². The van der Waals surface area contributed by atoms with Crippen LogP contribution in [-0.2, 0) is 9.47 Å². The molecular formula is C59H38O3. The van der Waals surface area contributed by atoms with E-state index in [9.17, 15) is 0 Å². The Balaban J connectivity index is 1.14. The topological polar surface area (TPSA) is 35.5 Å². The van der Waals surface area contributed by atoms with Gasteiger partial charge in [0.15, 0.2) is 12.2 Å². The third kappa shape index (κ3) is 5.85. The van der Waals surface area contributed by atoms with Crippen molar-refractivity contribution < 1.29 is 14.3 Å². The Labute approximate surface area is 358 Å². The quantitative estimate of drug-likeness (QED) is 0.124. The fraction of sp³-hybridized carbons (Fsp3) is 0.0339.